The number of aromatic hydroxyl groups is 1. The van der Waals surface area contributed by atoms with E-state index in [0.717, 1.165) is 35.3 Å². The molecule has 2 atom stereocenters. The van der Waals surface area contributed by atoms with Crippen molar-refractivity contribution < 1.29 is 19.5 Å². The topological polar surface area (TPSA) is 99.7 Å². The first-order valence-electron chi connectivity index (χ1n) is 14.7. The number of hydrogen-bond acceptors (Lipinski definition) is 6. The average Bonchev–Trinajstić information content (AvgIpc) is 3.00. The van der Waals surface area contributed by atoms with E-state index < -0.39 is 12.2 Å². The number of fused-ring (bicyclic) bond motifs is 1. The molecule has 2 aliphatic rings. The molecule has 0 bridgehead atoms. The number of likely N-dealkylation sites (N-methyl/N-ethyl adjacent to an activating group) is 1. The van der Waals surface area contributed by atoms with Gasteiger partial charge in [0, 0.05) is 45.8 Å². The fourth-order valence-corrected chi connectivity index (χ4v) is 5.93. The Labute approximate surface area is 253 Å². The monoisotopic (exact) mass is 584 g/mol. The molecular formula is C33H40N6O4. The zero-order chi connectivity index (χ0) is 30.5. The van der Waals surface area contributed by atoms with E-state index in [1.165, 1.54) is 0 Å². The van der Waals surface area contributed by atoms with Gasteiger partial charge in [-0.1, -0.05) is 61.5 Å². The molecule has 5 rings (SSSR count). The molecular weight excluding hydrogens is 544 g/mol. The van der Waals surface area contributed by atoms with Gasteiger partial charge in [-0.3, -0.25) is 9.59 Å². The zero-order valence-electron chi connectivity index (χ0n) is 25.0. The summed E-state index contributed by atoms with van der Waals surface area (Å²) in [6.07, 6.45) is 0.596. The molecule has 2 fully saturated rings. The molecule has 10 nitrogen and oxygen atoms in total. The lowest BCUT2D eigenvalue weighted by Crippen LogP contribution is -2.76. The largest absolute Gasteiger partial charge is 0.508 e. The van der Waals surface area contributed by atoms with Crippen LogP contribution in [0, 0.1) is 0 Å². The fraction of sp³-hybridized carbons (Fsp3) is 0.364. The number of carbonyl (C=O) groups excluding carboxylic acids is 3. The van der Waals surface area contributed by atoms with Crippen molar-refractivity contribution in [2.75, 3.05) is 38.6 Å². The van der Waals surface area contributed by atoms with Crippen molar-refractivity contribution in [3.63, 3.8) is 0 Å². The number of piperazine rings is 1. The number of amides is 4. The van der Waals surface area contributed by atoms with Crippen LogP contribution in [-0.2, 0) is 29.1 Å². The van der Waals surface area contributed by atoms with E-state index in [1.54, 1.807) is 51.1 Å². The molecule has 0 unspecified atom stereocenters. The maximum absolute atomic E-state index is 14.1. The lowest BCUT2D eigenvalue weighted by molar-refractivity contribution is -0.187. The SMILES string of the molecule is CCCN(C)c1cccc(CN2C[C@H]3N(C(=O)CN(C)N3C(=O)NCc3ccccc3)[C@@H](Cc3ccc(O)cc3)C2=O)c1. The van der Waals surface area contributed by atoms with Crippen LogP contribution in [-0.4, -0.2) is 88.7 Å². The van der Waals surface area contributed by atoms with Gasteiger partial charge in [0.25, 0.3) is 0 Å². The summed E-state index contributed by atoms with van der Waals surface area (Å²) in [5, 5.41) is 16.0. The molecule has 226 valence electrons. The van der Waals surface area contributed by atoms with E-state index in [2.05, 4.69) is 36.3 Å². The highest BCUT2D eigenvalue weighted by Crippen LogP contribution is 2.29. The Morgan fingerprint density at radius 3 is 2.42 bits per heavy atom. The number of phenolic OH excluding ortho intramolecular Hbond substituents is 1. The van der Waals surface area contributed by atoms with Gasteiger partial charge in [0.2, 0.25) is 11.8 Å². The number of carbonyl (C=O) groups is 3. The number of urea groups is 1. The van der Waals surface area contributed by atoms with Crippen LogP contribution in [0.1, 0.15) is 30.0 Å². The summed E-state index contributed by atoms with van der Waals surface area (Å²) in [6, 6.07) is 23.3. The number of hydrazine groups is 1. The number of rotatable bonds is 9. The molecule has 4 amide bonds. The Morgan fingerprint density at radius 2 is 1.70 bits per heavy atom. The van der Waals surface area contributed by atoms with Crippen molar-refractivity contribution in [3.8, 4) is 5.75 Å². The normalized spacial score (nSPS) is 18.9. The zero-order valence-corrected chi connectivity index (χ0v) is 25.0. The minimum atomic E-state index is -0.806. The van der Waals surface area contributed by atoms with E-state index in [4.69, 9.17) is 0 Å². The number of nitrogens with one attached hydrogen (secondary N) is 1. The molecule has 2 heterocycles. The summed E-state index contributed by atoms with van der Waals surface area (Å²) >= 11 is 0. The molecule has 2 aliphatic heterocycles. The van der Waals surface area contributed by atoms with Gasteiger partial charge >= 0.3 is 6.03 Å². The Hall–Kier alpha value is -4.57. The predicted molar refractivity (Wildman–Crippen MR) is 165 cm³/mol. The van der Waals surface area contributed by atoms with Gasteiger partial charge in [-0.2, -0.15) is 0 Å². The van der Waals surface area contributed by atoms with Crippen LogP contribution >= 0.6 is 0 Å². The highest BCUT2D eigenvalue weighted by atomic mass is 16.3. The van der Waals surface area contributed by atoms with Gasteiger partial charge < -0.3 is 25.1 Å². The smallest absolute Gasteiger partial charge is 0.334 e. The summed E-state index contributed by atoms with van der Waals surface area (Å²) in [5.41, 5.74) is 3.82. The first-order chi connectivity index (χ1) is 20.7. The molecule has 0 aliphatic carbocycles. The first-order valence-corrected chi connectivity index (χ1v) is 14.7. The first kappa shape index (κ1) is 29.9. The standard InChI is InChI=1S/C33H40N6O4/c1-4-17-35(2)27-12-8-11-26(18-27)21-37-22-30-38(29(32(37)42)19-24-13-15-28(40)16-14-24)31(41)23-36(3)39(30)33(43)34-20-25-9-6-5-7-10-25/h5-16,18,29-30,40H,4,17,19-23H2,1-3H3,(H,34,43)/t29-,30-/m0/s1. The van der Waals surface area contributed by atoms with Crippen LogP contribution in [0.25, 0.3) is 0 Å². The predicted octanol–water partition coefficient (Wildman–Crippen LogP) is 3.42. The molecule has 3 aromatic rings. The van der Waals surface area contributed by atoms with Gasteiger partial charge in [-0.25, -0.2) is 14.8 Å². The molecule has 0 saturated carbocycles. The summed E-state index contributed by atoms with van der Waals surface area (Å²) < 4.78 is 0. The summed E-state index contributed by atoms with van der Waals surface area (Å²) in [7, 11) is 3.77. The third kappa shape index (κ3) is 6.75. The van der Waals surface area contributed by atoms with Crippen molar-refractivity contribution in [3.05, 3.63) is 95.6 Å². The second-order valence-electron chi connectivity index (χ2n) is 11.3. The molecule has 3 aromatic carbocycles. The van der Waals surface area contributed by atoms with Gasteiger partial charge in [-0.05, 0) is 47.4 Å². The number of anilines is 1. The Kier molecular flexibility index (Phi) is 9.16. The minimum absolute atomic E-state index is 0.0274. The number of benzene rings is 3. The number of nitrogens with zero attached hydrogens (tertiary/aromatic N) is 5. The van der Waals surface area contributed by atoms with Crippen LogP contribution in [0.2, 0.25) is 0 Å². The van der Waals surface area contributed by atoms with Gasteiger partial charge in [0.1, 0.15) is 18.0 Å². The van der Waals surface area contributed by atoms with E-state index in [-0.39, 0.29) is 43.1 Å². The quantitative estimate of drug-likeness (QED) is 0.400. The number of hydrogen-bond donors (Lipinski definition) is 2. The minimum Gasteiger partial charge on any atom is -0.508 e. The molecule has 10 heteroatoms. The van der Waals surface area contributed by atoms with Crippen LogP contribution < -0.4 is 10.2 Å². The van der Waals surface area contributed by atoms with Crippen molar-refractivity contribution in [1.82, 2.24) is 25.1 Å². The summed E-state index contributed by atoms with van der Waals surface area (Å²) in [6.45, 7) is 3.88. The second kappa shape index (κ2) is 13.2. The maximum atomic E-state index is 14.1. The molecule has 0 spiro atoms. The molecule has 2 N–H and O–H groups in total. The lowest BCUT2D eigenvalue weighted by Gasteiger charge is -2.54. The van der Waals surface area contributed by atoms with E-state index >= 15 is 0 Å². The van der Waals surface area contributed by atoms with E-state index in [1.807, 2.05) is 42.5 Å². The van der Waals surface area contributed by atoms with Crippen LogP contribution in [0.3, 0.4) is 0 Å². The number of phenols is 1. The Morgan fingerprint density at radius 1 is 0.977 bits per heavy atom. The average molecular weight is 585 g/mol. The maximum Gasteiger partial charge on any atom is 0.334 e. The molecule has 2 saturated heterocycles. The molecule has 0 radical (unpaired) electrons. The second-order valence-corrected chi connectivity index (χ2v) is 11.3. The van der Waals surface area contributed by atoms with Crippen LogP contribution in [0.15, 0.2) is 78.9 Å². The Balaban J connectivity index is 1.45. The fourth-order valence-electron chi connectivity index (χ4n) is 5.93. The van der Waals surface area contributed by atoms with Gasteiger partial charge in [0.05, 0.1) is 13.1 Å². The van der Waals surface area contributed by atoms with Crippen LogP contribution in [0.5, 0.6) is 5.75 Å². The van der Waals surface area contributed by atoms with Gasteiger partial charge in [0.15, 0.2) is 0 Å². The van der Waals surface area contributed by atoms with E-state index in [9.17, 15) is 19.5 Å². The molecule has 43 heavy (non-hydrogen) atoms. The van der Waals surface area contributed by atoms with Crippen molar-refractivity contribution in [1.29, 1.82) is 0 Å². The van der Waals surface area contributed by atoms with Gasteiger partial charge in [-0.15, -0.1) is 0 Å². The van der Waals surface area contributed by atoms with E-state index in [0.29, 0.717) is 13.1 Å². The molecule has 0 aromatic heterocycles. The highest BCUT2D eigenvalue weighted by Gasteiger charge is 2.50. The van der Waals surface area contributed by atoms with Crippen LogP contribution in [0.4, 0.5) is 10.5 Å². The third-order valence-electron chi connectivity index (χ3n) is 8.08. The summed E-state index contributed by atoms with van der Waals surface area (Å²) in [4.78, 5) is 46.9. The van der Waals surface area contributed by atoms with Crippen molar-refractivity contribution in [2.24, 2.45) is 0 Å². The third-order valence-corrected chi connectivity index (χ3v) is 8.08. The highest BCUT2D eigenvalue weighted by molar-refractivity contribution is 5.91. The summed E-state index contributed by atoms with van der Waals surface area (Å²) in [5.74, 6) is -0.248. The van der Waals surface area contributed by atoms with Crippen molar-refractivity contribution in [2.45, 2.75) is 45.1 Å². The Bertz CT molecular complexity index is 1430. The lowest BCUT2D eigenvalue weighted by atomic mass is 9.98. The van der Waals surface area contributed by atoms with Crippen molar-refractivity contribution >= 4 is 23.5 Å².